The van der Waals surface area contributed by atoms with Crippen LogP contribution in [0.3, 0.4) is 0 Å². The molecule has 1 saturated carbocycles. The van der Waals surface area contributed by atoms with Crippen LogP contribution in [0.2, 0.25) is 23.3 Å². The predicted octanol–water partition coefficient (Wildman–Crippen LogP) is 8.03. The molecule has 0 amide bonds. The highest BCUT2D eigenvalue weighted by molar-refractivity contribution is 8.26. The van der Waals surface area contributed by atoms with Crippen molar-refractivity contribution in [2.75, 3.05) is 0 Å². The molecule has 5 fully saturated rings. The number of hydrogen-bond donors (Lipinski definition) is 0. The van der Waals surface area contributed by atoms with Gasteiger partial charge in [0.25, 0.3) is 6.92 Å². The van der Waals surface area contributed by atoms with Crippen LogP contribution in [0.5, 0.6) is 0 Å². The van der Waals surface area contributed by atoms with Gasteiger partial charge in [-0.15, -0.1) is 0 Å². The van der Waals surface area contributed by atoms with E-state index in [1.54, 1.807) is 0 Å². The van der Waals surface area contributed by atoms with Crippen molar-refractivity contribution in [2.45, 2.75) is 150 Å². The minimum atomic E-state index is 0.569. The molecule has 156 valence electrons. The van der Waals surface area contributed by atoms with Crippen molar-refractivity contribution in [3.05, 3.63) is 0 Å². The molecule has 1 aliphatic carbocycles. The first kappa shape index (κ1) is 20.3. The van der Waals surface area contributed by atoms with Gasteiger partial charge in [-0.2, -0.15) is 0 Å². The highest BCUT2D eigenvalue weighted by Crippen LogP contribution is 2.53. The van der Waals surface area contributed by atoms with E-state index in [0.29, 0.717) is 13.0 Å². The largest absolute Gasteiger partial charge is 0.432 e. The van der Waals surface area contributed by atoms with Gasteiger partial charge in [0, 0.05) is 5.25 Å². The molecular formula is C24H42B2OS. The lowest BCUT2D eigenvalue weighted by atomic mass is 9.38. The molecule has 1 nitrogen and oxygen atoms in total. The molecule has 0 spiro atoms. The van der Waals surface area contributed by atoms with Gasteiger partial charge in [0.1, 0.15) is 0 Å². The molecule has 2 atom stereocenters. The monoisotopic (exact) mass is 400 g/mol. The first-order valence-corrected chi connectivity index (χ1v) is 14.1. The Morgan fingerprint density at radius 2 is 1.00 bits per heavy atom. The summed E-state index contributed by atoms with van der Waals surface area (Å²) >= 11 is 2.46. The van der Waals surface area contributed by atoms with Gasteiger partial charge in [-0.25, -0.2) is 11.6 Å². The van der Waals surface area contributed by atoms with E-state index in [9.17, 15) is 0 Å². The zero-order chi connectivity index (χ0) is 18.8. The Bertz CT molecular complexity index is 415. The number of rotatable bonds is 4. The Balaban J connectivity index is 1.29. The van der Waals surface area contributed by atoms with Crippen LogP contribution < -0.4 is 0 Å². The van der Waals surface area contributed by atoms with Crippen molar-refractivity contribution in [2.24, 2.45) is 0 Å². The Kier molecular flexibility index (Phi) is 7.06. The molecule has 0 aromatic heterocycles. The smallest absolute Gasteiger partial charge is 0.299 e. The second kappa shape index (κ2) is 9.71. The van der Waals surface area contributed by atoms with Gasteiger partial charge in [0.15, 0.2) is 0 Å². The zero-order valence-corrected chi connectivity index (χ0v) is 19.0. The highest BCUT2D eigenvalue weighted by atomic mass is 32.2. The minimum Gasteiger partial charge on any atom is -0.432 e. The fourth-order valence-electron chi connectivity index (χ4n) is 7.81. The Labute approximate surface area is 179 Å². The average molecular weight is 400 g/mol. The number of hydrogen-bond acceptors (Lipinski definition) is 2. The van der Waals surface area contributed by atoms with Gasteiger partial charge < -0.3 is 4.65 Å². The summed E-state index contributed by atoms with van der Waals surface area (Å²) in [7, 11) is 0. The molecule has 2 unspecified atom stereocenters. The first-order valence-electron chi connectivity index (χ1n) is 13.2. The quantitative estimate of drug-likeness (QED) is 0.442. The molecule has 5 aliphatic rings. The Hall–Kier alpha value is 0.440. The van der Waals surface area contributed by atoms with E-state index in [4.69, 9.17) is 4.65 Å². The summed E-state index contributed by atoms with van der Waals surface area (Å²) in [4.78, 5) is 0. The predicted molar refractivity (Wildman–Crippen MR) is 126 cm³/mol. The van der Waals surface area contributed by atoms with Crippen molar-refractivity contribution >= 4 is 24.5 Å². The molecule has 4 heteroatoms. The van der Waals surface area contributed by atoms with Crippen LogP contribution in [-0.4, -0.2) is 24.3 Å². The zero-order valence-electron chi connectivity index (χ0n) is 18.2. The molecule has 0 N–H and O–H groups in total. The van der Waals surface area contributed by atoms with Crippen LogP contribution in [0.4, 0.5) is 0 Å². The van der Waals surface area contributed by atoms with Gasteiger partial charge >= 0.3 is 0 Å². The van der Waals surface area contributed by atoms with Gasteiger partial charge in [0.05, 0.1) is 6.10 Å². The van der Waals surface area contributed by atoms with E-state index in [2.05, 4.69) is 11.6 Å². The molecule has 5 rings (SSSR count). The van der Waals surface area contributed by atoms with Gasteiger partial charge in [-0.3, -0.25) is 0 Å². The van der Waals surface area contributed by atoms with Crippen LogP contribution in [0.15, 0.2) is 0 Å². The third-order valence-corrected chi connectivity index (χ3v) is 11.2. The summed E-state index contributed by atoms with van der Waals surface area (Å²) in [6.07, 6.45) is 27.1. The Morgan fingerprint density at radius 1 is 0.500 bits per heavy atom. The van der Waals surface area contributed by atoms with Gasteiger partial charge in [-0.05, 0) is 24.5 Å². The number of fused-ring (bicyclic) bond motifs is 4. The minimum absolute atomic E-state index is 0.569. The summed E-state index contributed by atoms with van der Waals surface area (Å²) in [5, 5.41) is 0.800. The lowest BCUT2D eigenvalue weighted by Gasteiger charge is -2.45. The molecule has 0 radical (unpaired) electrons. The topological polar surface area (TPSA) is 9.23 Å². The SMILES string of the molecule is C1CCCC(SB2C3CCCC2CCC3)C(OB2C3CCCC2CCC3)CC1. The van der Waals surface area contributed by atoms with E-state index in [1.165, 1.54) is 116 Å². The van der Waals surface area contributed by atoms with Crippen LogP contribution in [0.25, 0.3) is 0 Å². The Morgan fingerprint density at radius 3 is 1.57 bits per heavy atom. The van der Waals surface area contributed by atoms with Gasteiger partial charge in [0.2, 0.25) is 5.99 Å². The van der Waals surface area contributed by atoms with E-state index < -0.39 is 0 Å². The standard InChI is InChI=1S/C24H42B2OS/c1-2-4-18-24(28-26-21-13-7-14-22(26)16-8-15-21)23(17-3-1)27-25-19-9-5-10-20(25)12-6-11-19/h19-24H,1-18H2. The fraction of sp³-hybridized carbons (Fsp3) is 1.00. The first-order chi connectivity index (χ1) is 13.9. The summed E-state index contributed by atoms with van der Waals surface area (Å²) < 4.78 is 7.19. The van der Waals surface area contributed by atoms with Crippen LogP contribution >= 0.6 is 11.6 Å². The molecule has 4 aliphatic heterocycles. The third kappa shape index (κ3) is 4.53. The third-order valence-electron chi connectivity index (χ3n) is 9.26. The summed E-state index contributed by atoms with van der Waals surface area (Å²) in [6, 6.07) is 0. The summed E-state index contributed by atoms with van der Waals surface area (Å²) in [5.74, 6) is 4.86. The van der Waals surface area contributed by atoms with Crippen molar-refractivity contribution in [3.63, 3.8) is 0 Å². The fourth-order valence-corrected chi connectivity index (χ4v) is 9.88. The molecule has 28 heavy (non-hydrogen) atoms. The lowest BCUT2D eigenvalue weighted by molar-refractivity contribution is 0.152. The summed E-state index contributed by atoms with van der Waals surface area (Å²) in [5.41, 5.74) is 0. The van der Waals surface area contributed by atoms with Crippen molar-refractivity contribution in [1.82, 2.24) is 0 Å². The summed E-state index contributed by atoms with van der Waals surface area (Å²) in [6.45, 7) is 0.626. The van der Waals surface area contributed by atoms with Gasteiger partial charge in [-0.1, -0.05) is 114 Å². The average Bonchev–Trinajstić information content (AvgIpc) is 2.66. The van der Waals surface area contributed by atoms with E-state index >= 15 is 0 Å². The second-order valence-electron chi connectivity index (χ2n) is 11.0. The molecular weight excluding hydrogens is 358 g/mol. The van der Waals surface area contributed by atoms with E-state index in [1.807, 2.05) is 0 Å². The van der Waals surface area contributed by atoms with E-state index in [0.717, 1.165) is 34.5 Å². The van der Waals surface area contributed by atoms with Crippen LogP contribution in [-0.2, 0) is 4.65 Å². The molecule has 4 saturated heterocycles. The maximum absolute atomic E-state index is 7.19. The highest BCUT2D eigenvalue weighted by Gasteiger charge is 2.45. The van der Waals surface area contributed by atoms with E-state index in [-0.39, 0.29) is 0 Å². The van der Waals surface area contributed by atoms with Crippen molar-refractivity contribution < 1.29 is 4.65 Å². The normalized spacial score (nSPS) is 42.0. The van der Waals surface area contributed by atoms with Crippen LogP contribution in [0.1, 0.15) is 116 Å². The second-order valence-corrected chi connectivity index (χ2v) is 12.5. The molecule has 0 aromatic carbocycles. The maximum Gasteiger partial charge on any atom is 0.299 e. The maximum atomic E-state index is 7.19. The van der Waals surface area contributed by atoms with Crippen molar-refractivity contribution in [3.8, 4) is 0 Å². The molecule has 0 aromatic rings. The molecule has 4 heterocycles. The van der Waals surface area contributed by atoms with Crippen molar-refractivity contribution in [1.29, 1.82) is 0 Å². The lowest BCUT2D eigenvalue weighted by Crippen LogP contribution is -2.44. The molecule has 4 bridgehead atoms. The van der Waals surface area contributed by atoms with Crippen LogP contribution in [0, 0.1) is 0 Å².